The van der Waals surface area contributed by atoms with Crippen LogP contribution in [0.15, 0.2) is 18.2 Å². The van der Waals surface area contributed by atoms with Crippen molar-refractivity contribution in [3.63, 3.8) is 0 Å². The summed E-state index contributed by atoms with van der Waals surface area (Å²) in [5.74, 6) is 1.46. The molecule has 2 atom stereocenters. The van der Waals surface area contributed by atoms with Crippen molar-refractivity contribution in [2.75, 3.05) is 17.6 Å². The predicted molar refractivity (Wildman–Crippen MR) is 63.3 cm³/mol. The molecule has 5 heteroatoms. The quantitative estimate of drug-likeness (QED) is 0.464. The molecule has 0 aliphatic heterocycles. The van der Waals surface area contributed by atoms with Gasteiger partial charge in [0.05, 0.1) is 4.92 Å². The van der Waals surface area contributed by atoms with Crippen molar-refractivity contribution in [3.8, 4) is 0 Å². The molecule has 0 heterocycles. The zero-order valence-corrected chi connectivity index (χ0v) is 9.14. The Hall–Kier alpha value is -1.78. The van der Waals surface area contributed by atoms with E-state index in [1.165, 1.54) is 18.6 Å². The molecule has 1 saturated carbocycles. The number of nitrogens with one attached hydrogen (secondary N) is 1. The molecule has 2 unspecified atom stereocenters. The summed E-state index contributed by atoms with van der Waals surface area (Å²) in [6.07, 6.45) is 1.23. The maximum Gasteiger partial charge on any atom is 0.273 e. The van der Waals surface area contributed by atoms with Crippen molar-refractivity contribution in [1.29, 1.82) is 0 Å². The van der Waals surface area contributed by atoms with E-state index < -0.39 is 4.92 Å². The first-order chi connectivity index (χ1) is 7.56. The number of benzene rings is 1. The number of non-ortho nitro benzene ring substituents is 1. The highest BCUT2D eigenvalue weighted by Crippen LogP contribution is 2.37. The van der Waals surface area contributed by atoms with Gasteiger partial charge in [0.15, 0.2) is 0 Å². The van der Waals surface area contributed by atoms with E-state index in [4.69, 9.17) is 5.73 Å². The highest BCUT2D eigenvalue weighted by molar-refractivity contribution is 5.61. The number of nitro groups is 1. The molecule has 2 rings (SSSR count). The van der Waals surface area contributed by atoms with Crippen LogP contribution in [0.2, 0.25) is 0 Å². The van der Waals surface area contributed by atoms with Gasteiger partial charge in [0.2, 0.25) is 0 Å². The van der Waals surface area contributed by atoms with Crippen molar-refractivity contribution in [2.24, 2.45) is 11.8 Å². The van der Waals surface area contributed by atoms with Crippen molar-refractivity contribution >= 4 is 17.1 Å². The van der Waals surface area contributed by atoms with Crippen molar-refractivity contribution < 1.29 is 4.92 Å². The minimum atomic E-state index is -0.429. The van der Waals surface area contributed by atoms with E-state index in [2.05, 4.69) is 12.2 Å². The predicted octanol–water partition coefficient (Wildman–Crippen LogP) is 2.24. The van der Waals surface area contributed by atoms with E-state index in [-0.39, 0.29) is 5.69 Å². The molecular formula is C11H15N3O2. The molecule has 3 N–H and O–H groups in total. The third-order valence-electron chi connectivity index (χ3n) is 3.00. The lowest BCUT2D eigenvalue weighted by molar-refractivity contribution is -0.384. The Morgan fingerprint density at radius 1 is 1.56 bits per heavy atom. The first kappa shape index (κ1) is 10.7. The summed E-state index contributed by atoms with van der Waals surface area (Å²) in [5, 5.41) is 13.8. The van der Waals surface area contributed by atoms with Crippen LogP contribution in [0.5, 0.6) is 0 Å². The average Bonchev–Trinajstić information content (AvgIpc) is 2.91. The summed E-state index contributed by atoms with van der Waals surface area (Å²) >= 11 is 0. The number of nitrogens with zero attached hydrogens (tertiary/aromatic N) is 1. The molecule has 1 fully saturated rings. The Bertz CT molecular complexity index is 420. The van der Waals surface area contributed by atoms with Gasteiger partial charge in [-0.1, -0.05) is 6.92 Å². The average molecular weight is 221 g/mol. The van der Waals surface area contributed by atoms with Crippen LogP contribution in [0.3, 0.4) is 0 Å². The van der Waals surface area contributed by atoms with Gasteiger partial charge in [-0.2, -0.15) is 0 Å². The molecule has 1 aromatic rings. The zero-order chi connectivity index (χ0) is 11.7. The van der Waals surface area contributed by atoms with E-state index >= 15 is 0 Å². The van der Waals surface area contributed by atoms with Crippen LogP contribution in [0.1, 0.15) is 13.3 Å². The second kappa shape index (κ2) is 4.00. The molecule has 0 amide bonds. The van der Waals surface area contributed by atoms with Gasteiger partial charge in [0.25, 0.3) is 5.69 Å². The SMILES string of the molecule is CC1CC1CNc1cc(N)cc([N+](=O)[O-])c1. The molecule has 0 spiro atoms. The Labute approximate surface area is 93.8 Å². The molecule has 0 radical (unpaired) electrons. The summed E-state index contributed by atoms with van der Waals surface area (Å²) < 4.78 is 0. The summed E-state index contributed by atoms with van der Waals surface area (Å²) in [6, 6.07) is 4.61. The van der Waals surface area contributed by atoms with Gasteiger partial charge >= 0.3 is 0 Å². The number of anilines is 2. The van der Waals surface area contributed by atoms with Gasteiger partial charge in [-0.05, 0) is 24.3 Å². The normalized spacial score (nSPS) is 22.8. The van der Waals surface area contributed by atoms with Crippen molar-refractivity contribution in [1.82, 2.24) is 0 Å². The molecule has 1 aromatic carbocycles. The van der Waals surface area contributed by atoms with E-state index in [0.717, 1.165) is 18.2 Å². The van der Waals surface area contributed by atoms with Gasteiger partial charge in [-0.3, -0.25) is 10.1 Å². The zero-order valence-electron chi connectivity index (χ0n) is 9.14. The molecule has 16 heavy (non-hydrogen) atoms. The monoisotopic (exact) mass is 221 g/mol. The third kappa shape index (κ3) is 2.42. The number of nitrogen functional groups attached to an aromatic ring is 1. The minimum absolute atomic E-state index is 0.0337. The second-order valence-electron chi connectivity index (χ2n) is 4.42. The summed E-state index contributed by atoms with van der Waals surface area (Å²) in [6.45, 7) is 3.07. The van der Waals surface area contributed by atoms with Gasteiger partial charge in [-0.25, -0.2) is 0 Å². The number of rotatable bonds is 4. The van der Waals surface area contributed by atoms with Crippen LogP contribution in [0.25, 0.3) is 0 Å². The van der Waals surface area contributed by atoms with Gasteiger partial charge < -0.3 is 11.1 Å². The first-order valence-electron chi connectivity index (χ1n) is 5.35. The largest absolute Gasteiger partial charge is 0.398 e. The molecule has 86 valence electrons. The van der Waals surface area contributed by atoms with Gasteiger partial charge in [0, 0.05) is 30.1 Å². The molecule has 0 saturated heterocycles. The Morgan fingerprint density at radius 3 is 2.81 bits per heavy atom. The second-order valence-corrected chi connectivity index (χ2v) is 4.42. The van der Waals surface area contributed by atoms with E-state index in [1.807, 2.05) is 0 Å². The fraction of sp³-hybridized carbons (Fsp3) is 0.455. The third-order valence-corrected chi connectivity index (χ3v) is 3.00. The van der Waals surface area contributed by atoms with E-state index in [0.29, 0.717) is 11.6 Å². The fourth-order valence-corrected chi connectivity index (χ4v) is 1.77. The molecule has 0 aromatic heterocycles. The van der Waals surface area contributed by atoms with E-state index in [1.54, 1.807) is 6.07 Å². The number of hydrogen-bond donors (Lipinski definition) is 2. The number of nitrogens with two attached hydrogens (primary N) is 1. The molecule has 1 aliphatic rings. The van der Waals surface area contributed by atoms with Crippen molar-refractivity contribution in [2.45, 2.75) is 13.3 Å². The van der Waals surface area contributed by atoms with Crippen LogP contribution >= 0.6 is 0 Å². The van der Waals surface area contributed by atoms with Crippen LogP contribution < -0.4 is 11.1 Å². The van der Waals surface area contributed by atoms with Gasteiger partial charge in [-0.15, -0.1) is 0 Å². The van der Waals surface area contributed by atoms with Gasteiger partial charge in [0.1, 0.15) is 0 Å². The Balaban J connectivity index is 2.05. The topological polar surface area (TPSA) is 81.2 Å². The summed E-state index contributed by atoms with van der Waals surface area (Å²) in [4.78, 5) is 10.2. The lowest BCUT2D eigenvalue weighted by Gasteiger charge is -2.06. The molecule has 0 bridgehead atoms. The Morgan fingerprint density at radius 2 is 2.25 bits per heavy atom. The van der Waals surface area contributed by atoms with Crippen molar-refractivity contribution in [3.05, 3.63) is 28.3 Å². The first-order valence-corrected chi connectivity index (χ1v) is 5.35. The van der Waals surface area contributed by atoms with Crippen LogP contribution in [0.4, 0.5) is 17.1 Å². The standard InChI is InChI=1S/C11H15N3O2/c1-7-2-8(7)6-13-10-3-9(12)4-11(5-10)14(15)16/h3-5,7-8,13H,2,6,12H2,1H3. The lowest BCUT2D eigenvalue weighted by atomic mass is 10.2. The summed E-state index contributed by atoms with van der Waals surface area (Å²) in [5.41, 5.74) is 6.78. The number of hydrogen-bond acceptors (Lipinski definition) is 4. The number of nitro benzene ring substituents is 1. The lowest BCUT2D eigenvalue weighted by Crippen LogP contribution is -2.05. The Kier molecular flexibility index (Phi) is 2.68. The van der Waals surface area contributed by atoms with Crippen LogP contribution in [0, 0.1) is 22.0 Å². The van der Waals surface area contributed by atoms with Crippen LogP contribution in [-0.2, 0) is 0 Å². The molecular weight excluding hydrogens is 206 g/mol. The highest BCUT2D eigenvalue weighted by Gasteiger charge is 2.31. The summed E-state index contributed by atoms with van der Waals surface area (Å²) in [7, 11) is 0. The maximum atomic E-state index is 10.6. The fourth-order valence-electron chi connectivity index (χ4n) is 1.77. The molecule has 5 nitrogen and oxygen atoms in total. The van der Waals surface area contributed by atoms with Crippen LogP contribution in [-0.4, -0.2) is 11.5 Å². The minimum Gasteiger partial charge on any atom is -0.398 e. The maximum absolute atomic E-state index is 10.6. The smallest absolute Gasteiger partial charge is 0.273 e. The highest BCUT2D eigenvalue weighted by atomic mass is 16.6. The molecule has 1 aliphatic carbocycles. The van der Waals surface area contributed by atoms with E-state index in [9.17, 15) is 10.1 Å².